The van der Waals surface area contributed by atoms with Gasteiger partial charge in [-0.3, -0.25) is 0 Å². The zero-order chi connectivity index (χ0) is 9.52. The summed E-state index contributed by atoms with van der Waals surface area (Å²) in [4.78, 5) is 0. The lowest BCUT2D eigenvalue weighted by Crippen LogP contribution is -2.36. The summed E-state index contributed by atoms with van der Waals surface area (Å²) < 4.78 is 5.33. The van der Waals surface area contributed by atoms with Crippen LogP contribution < -0.4 is 5.32 Å². The highest BCUT2D eigenvalue weighted by Gasteiger charge is 2.21. The van der Waals surface area contributed by atoms with Crippen molar-refractivity contribution in [3.63, 3.8) is 0 Å². The second kappa shape index (κ2) is 6.01. The Morgan fingerprint density at radius 3 is 2.77 bits per heavy atom. The van der Waals surface area contributed by atoms with Gasteiger partial charge in [0.2, 0.25) is 0 Å². The van der Waals surface area contributed by atoms with Gasteiger partial charge in [0.05, 0.1) is 0 Å². The van der Waals surface area contributed by atoms with E-state index in [9.17, 15) is 0 Å². The maximum atomic E-state index is 5.33. The highest BCUT2D eigenvalue weighted by molar-refractivity contribution is 4.87. The molecule has 1 N–H and O–H groups in total. The maximum Gasteiger partial charge on any atom is 0.0469 e. The normalized spacial score (nSPS) is 20.9. The first-order valence-corrected chi connectivity index (χ1v) is 5.07. The van der Waals surface area contributed by atoms with Gasteiger partial charge in [-0.1, -0.05) is 0 Å². The summed E-state index contributed by atoms with van der Waals surface area (Å²) in [5.41, 5.74) is 0. The minimum absolute atomic E-state index is 0.583. The maximum absolute atomic E-state index is 5.33. The first-order chi connectivity index (χ1) is 6.38. The van der Waals surface area contributed by atoms with Gasteiger partial charge in [0.1, 0.15) is 0 Å². The van der Waals surface area contributed by atoms with Gasteiger partial charge >= 0.3 is 0 Å². The van der Waals surface area contributed by atoms with Crippen molar-refractivity contribution in [3.05, 3.63) is 0 Å². The standard InChI is InChI=1S/C11H19NO/c1-3-4-5-11(12-2)10-6-8-13-9-7-10/h1,10-12H,4-9H2,2H3. The van der Waals surface area contributed by atoms with Crippen molar-refractivity contribution in [3.8, 4) is 12.3 Å². The SMILES string of the molecule is C#CCCC(NC)C1CCOCC1. The molecule has 0 amide bonds. The van der Waals surface area contributed by atoms with Crippen LogP contribution >= 0.6 is 0 Å². The van der Waals surface area contributed by atoms with E-state index >= 15 is 0 Å². The van der Waals surface area contributed by atoms with Crippen LogP contribution in [0.25, 0.3) is 0 Å². The van der Waals surface area contributed by atoms with Crippen LogP contribution in [0, 0.1) is 18.3 Å². The van der Waals surface area contributed by atoms with Gasteiger partial charge in [-0.25, -0.2) is 0 Å². The summed E-state index contributed by atoms with van der Waals surface area (Å²) in [6, 6.07) is 0.583. The molecule has 1 aliphatic heterocycles. The predicted octanol–water partition coefficient (Wildman–Crippen LogP) is 1.41. The molecule has 13 heavy (non-hydrogen) atoms. The van der Waals surface area contributed by atoms with E-state index in [0.29, 0.717) is 6.04 Å². The van der Waals surface area contributed by atoms with Crippen molar-refractivity contribution in [2.75, 3.05) is 20.3 Å². The van der Waals surface area contributed by atoms with Gasteiger partial charge in [0.25, 0.3) is 0 Å². The minimum Gasteiger partial charge on any atom is -0.381 e. The average molecular weight is 181 g/mol. The minimum atomic E-state index is 0.583. The fourth-order valence-corrected chi connectivity index (χ4v) is 1.97. The smallest absolute Gasteiger partial charge is 0.0469 e. The topological polar surface area (TPSA) is 21.3 Å². The number of ether oxygens (including phenoxy) is 1. The van der Waals surface area contributed by atoms with Crippen LogP contribution in [-0.2, 0) is 4.74 Å². The molecule has 1 unspecified atom stereocenters. The number of terminal acetylenes is 1. The molecule has 1 atom stereocenters. The molecule has 0 aromatic carbocycles. The lowest BCUT2D eigenvalue weighted by molar-refractivity contribution is 0.0538. The summed E-state index contributed by atoms with van der Waals surface area (Å²) in [7, 11) is 2.02. The Hall–Kier alpha value is -0.520. The lowest BCUT2D eigenvalue weighted by atomic mass is 9.89. The van der Waals surface area contributed by atoms with Crippen LogP contribution in [0.5, 0.6) is 0 Å². The molecule has 1 heterocycles. The number of rotatable bonds is 4. The van der Waals surface area contributed by atoms with E-state index in [4.69, 9.17) is 11.2 Å². The number of hydrogen-bond donors (Lipinski definition) is 1. The van der Waals surface area contributed by atoms with E-state index in [0.717, 1.165) is 32.0 Å². The molecule has 0 saturated carbocycles. The molecule has 0 bridgehead atoms. The molecule has 1 rings (SSSR count). The molecule has 0 radical (unpaired) electrons. The molecule has 1 fully saturated rings. The van der Waals surface area contributed by atoms with Crippen molar-refractivity contribution in [1.82, 2.24) is 5.32 Å². The zero-order valence-corrected chi connectivity index (χ0v) is 8.38. The first-order valence-electron chi connectivity index (χ1n) is 5.07. The molecular weight excluding hydrogens is 162 g/mol. The van der Waals surface area contributed by atoms with Crippen molar-refractivity contribution in [2.24, 2.45) is 5.92 Å². The Bertz CT molecular complexity index is 167. The summed E-state index contributed by atoms with van der Waals surface area (Å²) >= 11 is 0. The number of nitrogens with one attached hydrogen (secondary N) is 1. The second-order valence-electron chi connectivity index (χ2n) is 3.59. The molecular formula is C11H19NO. The van der Waals surface area contributed by atoms with Crippen LogP contribution in [0.3, 0.4) is 0 Å². The quantitative estimate of drug-likeness (QED) is 0.662. The van der Waals surface area contributed by atoms with E-state index in [1.807, 2.05) is 7.05 Å². The molecule has 0 spiro atoms. The van der Waals surface area contributed by atoms with Gasteiger partial charge in [0.15, 0.2) is 0 Å². The monoisotopic (exact) mass is 181 g/mol. The van der Waals surface area contributed by atoms with E-state index in [1.165, 1.54) is 12.8 Å². The van der Waals surface area contributed by atoms with Crippen LogP contribution in [0.1, 0.15) is 25.7 Å². The Morgan fingerprint density at radius 2 is 2.23 bits per heavy atom. The predicted molar refractivity (Wildman–Crippen MR) is 54.5 cm³/mol. The summed E-state index contributed by atoms with van der Waals surface area (Å²) in [6.07, 6.45) is 9.58. The molecule has 2 heteroatoms. The first kappa shape index (κ1) is 10.6. The molecule has 74 valence electrons. The second-order valence-corrected chi connectivity index (χ2v) is 3.59. The largest absolute Gasteiger partial charge is 0.381 e. The van der Waals surface area contributed by atoms with Crippen LogP contribution in [-0.4, -0.2) is 26.3 Å². The average Bonchev–Trinajstić information content (AvgIpc) is 2.21. The third-order valence-corrected chi connectivity index (χ3v) is 2.81. The fourth-order valence-electron chi connectivity index (χ4n) is 1.97. The molecule has 1 aliphatic rings. The Labute approximate surface area is 81.0 Å². The van der Waals surface area contributed by atoms with Crippen LogP contribution in [0.2, 0.25) is 0 Å². The zero-order valence-electron chi connectivity index (χ0n) is 8.38. The van der Waals surface area contributed by atoms with Crippen molar-refractivity contribution < 1.29 is 4.74 Å². The Balaban J connectivity index is 2.31. The van der Waals surface area contributed by atoms with E-state index < -0.39 is 0 Å². The van der Waals surface area contributed by atoms with Crippen molar-refractivity contribution in [1.29, 1.82) is 0 Å². The Morgan fingerprint density at radius 1 is 1.54 bits per heavy atom. The van der Waals surface area contributed by atoms with E-state index in [-0.39, 0.29) is 0 Å². The fraction of sp³-hybridized carbons (Fsp3) is 0.818. The van der Waals surface area contributed by atoms with Gasteiger partial charge in [-0.05, 0) is 32.2 Å². The highest BCUT2D eigenvalue weighted by Crippen LogP contribution is 2.21. The lowest BCUT2D eigenvalue weighted by Gasteiger charge is -2.29. The third kappa shape index (κ3) is 3.38. The van der Waals surface area contributed by atoms with Gasteiger partial charge in [-0.2, -0.15) is 0 Å². The van der Waals surface area contributed by atoms with Gasteiger partial charge in [0, 0.05) is 25.7 Å². The van der Waals surface area contributed by atoms with Crippen LogP contribution in [0.15, 0.2) is 0 Å². The summed E-state index contributed by atoms with van der Waals surface area (Å²) in [6.45, 7) is 1.83. The molecule has 1 saturated heterocycles. The van der Waals surface area contributed by atoms with Gasteiger partial charge in [-0.15, -0.1) is 12.3 Å². The van der Waals surface area contributed by atoms with Gasteiger partial charge < -0.3 is 10.1 Å². The summed E-state index contributed by atoms with van der Waals surface area (Å²) in [5, 5.41) is 3.36. The summed E-state index contributed by atoms with van der Waals surface area (Å²) in [5.74, 6) is 3.46. The van der Waals surface area contributed by atoms with E-state index in [2.05, 4.69) is 11.2 Å². The molecule has 0 aromatic heterocycles. The van der Waals surface area contributed by atoms with Crippen molar-refractivity contribution >= 4 is 0 Å². The Kier molecular flexibility index (Phi) is 4.88. The third-order valence-electron chi connectivity index (χ3n) is 2.81. The molecule has 0 aromatic rings. The highest BCUT2D eigenvalue weighted by atomic mass is 16.5. The molecule has 0 aliphatic carbocycles. The van der Waals surface area contributed by atoms with Crippen molar-refractivity contribution in [2.45, 2.75) is 31.7 Å². The number of hydrogen-bond acceptors (Lipinski definition) is 2. The van der Waals surface area contributed by atoms with Crippen LogP contribution in [0.4, 0.5) is 0 Å². The van der Waals surface area contributed by atoms with E-state index in [1.54, 1.807) is 0 Å². The molecule has 2 nitrogen and oxygen atoms in total.